The Hall–Kier alpha value is -1.14. The Bertz CT molecular complexity index is 243. The topological polar surface area (TPSA) is 84.9 Å². The van der Waals surface area contributed by atoms with Crippen LogP contribution in [0.3, 0.4) is 0 Å². The first-order valence-electron chi connectivity index (χ1n) is 5.00. The third kappa shape index (κ3) is 5.09. The maximum absolute atomic E-state index is 11.0. The second kappa shape index (κ2) is 7.19. The molecule has 0 saturated heterocycles. The van der Waals surface area contributed by atoms with Crippen molar-refractivity contribution in [2.45, 2.75) is 25.3 Å². The Morgan fingerprint density at radius 2 is 2.00 bits per heavy atom. The van der Waals surface area contributed by atoms with Crippen LogP contribution in [0.25, 0.3) is 0 Å². The minimum atomic E-state index is -1.08. The predicted octanol–water partition coefficient (Wildman–Crippen LogP) is 0.0189. The lowest BCUT2D eigenvalue weighted by Crippen LogP contribution is -2.50. The molecule has 6 heteroatoms. The van der Waals surface area contributed by atoms with Gasteiger partial charge >= 0.3 is 11.9 Å². The van der Waals surface area contributed by atoms with Crippen molar-refractivity contribution in [3.63, 3.8) is 0 Å². The number of carbonyl (C=O) groups excluding carboxylic acids is 1. The van der Waals surface area contributed by atoms with Crippen molar-refractivity contribution in [3.05, 3.63) is 0 Å². The predicted molar refractivity (Wildman–Crippen MR) is 57.2 cm³/mol. The second-order valence-electron chi connectivity index (χ2n) is 3.63. The van der Waals surface area contributed by atoms with Crippen LogP contribution in [0.1, 0.15) is 19.8 Å². The summed E-state index contributed by atoms with van der Waals surface area (Å²) in [5.74, 6) is -1.33. The quantitative estimate of drug-likeness (QED) is 0.575. The smallest absolute Gasteiger partial charge is 0.323 e. The highest BCUT2D eigenvalue weighted by molar-refractivity contribution is 5.78. The summed E-state index contributed by atoms with van der Waals surface area (Å²) < 4.78 is 9.30. The minimum Gasteiger partial charge on any atom is -0.480 e. The molecule has 2 N–H and O–H groups in total. The van der Waals surface area contributed by atoms with Gasteiger partial charge in [0.15, 0.2) is 0 Å². The molecule has 6 nitrogen and oxygen atoms in total. The van der Waals surface area contributed by atoms with Crippen LogP contribution in [0.2, 0.25) is 0 Å². The van der Waals surface area contributed by atoms with Crippen LogP contribution in [-0.2, 0) is 19.1 Å². The van der Waals surface area contributed by atoms with Gasteiger partial charge in [-0.1, -0.05) is 0 Å². The molecule has 1 unspecified atom stereocenters. The molecule has 0 saturated carbocycles. The van der Waals surface area contributed by atoms with Crippen LogP contribution in [0.4, 0.5) is 0 Å². The molecule has 0 spiro atoms. The number of rotatable bonds is 8. The van der Waals surface area contributed by atoms with E-state index >= 15 is 0 Å². The van der Waals surface area contributed by atoms with Gasteiger partial charge in [0.2, 0.25) is 0 Å². The van der Waals surface area contributed by atoms with Crippen molar-refractivity contribution >= 4 is 11.9 Å². The Kier molecular flexibility index (Phi) is 6.67. The molecule has 16 heavy (non-hydrogen) atoms. The van der Waals surface area contributed by atoms with E-state index in [4.69, 9.17) is 9.84 Å². The fraction of sp³-hybridized carbons (Fsp3) is 0.800. The summed E-state index contributed by atoms with van der Waals surface area (Å²) in [5.41, 5.74) is -1.08. The van der Waals surface area contributed by atoms with Crippen molar-refractivity contribution in [1.29, 1.82) is 0 Å². The first-order chi connectivity index (χ1) is 7.46. The Morgan fingerprint density at radius 3 is 2.44 bits per heavy atom. The molecule has 0 amide bonds. The number of hydrogen-bond acceptors (Lipinski definition) is 5. The van der Waals surface area contributed by atoms with E-state index in [2.05, 4.69) is 10.1 Å². The number of methoxy groups -OCH3 is 2. The van der Waals surface area contributed by atoms with E-state index in [1.807, 2.05) is 0 Å². The molecule has 0 bridgehead atoms. The minimum absolute atomic E-state index is 0.145. The summed E-state index contributed by atoms with van der Waals surface area (Å²) in [5, 5.41) is 11.9. The zero-order chi connectivity index (χ0) is 12.6. The number of carboxylic acids is 1. The second-order valence-corrected chi connectivity index (χ2v) is 3.63. The van der Waals surface area contributed by atoms with Gasteiger partial charge in [-0.25, -0.2) is 0 Å². The lowest BCUT2D eigenvalue weighted by atomic mass is 9.98. The van der Waals surface area contributed by atoms with Gasteiger partial charge in [0.05, 0.1) is 13.5 Å². The average molecular weight is 233 g/mol. The van der Waals surface area contributed by atoms with Gasteiger partial charge in [-0.15, -0.1) is 0 Å². The molecule has 0 heterocycles. The largest absolute Gasteiger partial charge is 0.480 e. The van der Waals surface area contributed by atoms with Gasteiger partial charge in [0, 0.05) is 20.3 Å². The number of hydrogen-bond donors (Lipinski definition) is 2. The van der Waals surface area contributed by atoms with E-state index in [0.29, 0.717) is 13.0 Å². The van der Waals surface area contributed by atoms with E-state index in [1.54, 1.807) is 6.92 Å². The summed E-state index contributed by atoms with van der Waals surface area (Å²) in [6, 6.07) is 0. The molecule has 0 aromatic heterocycles. The molecular formula is C10H19NO5. The van der Waals surface area contributed by atoms with E-state index < -0.39 is 11.5 Å². The lowest BCUT2D eigenvalue weighted by molar-refractivity contribution is -0.146. The van der Waals surface area contributed by atoms with Gasteiger partial charge in [0.25, 0.3) is 0 Å². The van der Waals surface area contributed by atoms with Crippen molar-refractivity contribution in [2.75, 3.05) is 27.4 Å². The fourth-order valence-electron chi connectivity index (χ4n) is 1.12. The molecule has 0 aromatic carbocycles. The maximum atomic E-state index is 11.0. The normalized spacial score (nSPS) is 14.2. The van der Waals surface area contributed by atoms with Crippen LogP contribution >= 0.6 is 0 Å². The number of ether oxygens (including phenoxy) is 2. The third-order valence-electron chi connectivity index (χ3n) is 2.35. The van der Waals surface area contributed by atoms with Crippen LogP contribution < -0.4 is 5.32 Å². The van der Waals surface area contributed by atoms with Crippen LogP contribution in [0, 0.1) is 0 Å². The first-order valence-corrected chi connectivity index (χ1v) is 5.00. The number of nitrogens with one attached hydrogen (secondary N) is 1. The van der Waals surface area contributed by atoms with Gasteiger partial charge in [-0.3, -0.25) is 9.59 Å². The zero-order valence-corrected chi connectivity index (χ0v) is 9.91. The van der Waals surface area contributed by atoms with Crippen molar-refractivity contribution < 1.29 is 24.2 Å². The molecule has 0 aliphatic carbocycles. The van der Waals surface area contributed by atoms with Crippen molar-refractivity contribution in [1.82, 2.24) is 5.32 Å². The average Bonchev–Trinajstić information content (AvgIpc) is 2.25. The number of carbonyl (C=O) groups is 2. The maximum Gasteiger partial charge on any atom is 0.323 e. The molecule has 0 radical (unpaired) electrons. The monoisotopic (exact) mass is 233 g/mol. The molecule has 0 rings (SSSR count). The van der Waals surface area contributed by atoms with Crippen molar-refractivity contribution in [3.8, 4) is 0 Å². The van der Waals surface area contributed by atoms with E-state index in [0.717, 1.165) is 0 Å². The van der Waals surface area contributed by atoms with E-state index in [1.165, 1.54) is 14.2 Å². The first kappa shape index (κ1) is 14.9. The number of esters is 1. The van der Waals surface area contributed by atoms with Crippen LogP contribution in [-0.4, -0.2) is 50.0 Å². The van der Waals surface area contributed by atoms with Gasteiger partial charge in [0.1, 0.15) is 5.54 Å². The molecule has 94 valence electrons. The summed E-state index contributed by atoms with van der Waals surface area (Å²) in [4.78, 5) is 21.9. The Balaban J connectivity index is 4.12. The Morgan fingerprint density at radius 1 is 1.38 bits per heavy atom. The summed E-state index contributed by atoms with van der Waals surface area (Å²) in [6.07, 6.45) is 0.479. The van der Waals surface area contributed by atoms with Gasteiger partial charge < -0.3 is 19.9 Å². The molecule has 1 atom stereocenters. The highest BCUT2D eigenvalue weighted by Crippen LogP contribution is 2.10. The molecule has 0 fully saturated rings. The van der Waals surface area contributed by atoms with Gasteiger partial charge in [-0.05, 0) is 13.3 Å². The lowest BCUT2D eigenvalue weighted by Gasteiger charge is -2.25. The summed E-state index contributed by atoms with van der Waals surface area (Å²) in [7, 11) is 2.81. The summed E-state index contributed by atoms with van der Waals surface area (Å²) in [6.45, 7) is 2.17. The third-order valence-corrected chi connectivity index (χ3v) is 2.35. The van der Waals surface area contributed by atoms with E-state index in [-0.39, 0.29) is 18.9 Å². The molecule has 0 aliphatic heterocycles. The number of aliphatic carboxylic acids is 1. The zero-order valence-electron chi connectivity index (χ0n) is 9.91. The van der Waals surface area contributed by atoms with Crippen molar-refractivity contribution in [2.24, 2.45) is 0 Å². The molecule has 0 aliphatic rings. The SMILES string of the molecule is COCCC(C)(NCCC(=O)OC)C(=O)O. The standard InChI is InChI=1S/C10H19NO5/c1-10(9(13)14,5-7-15-2)11-6-4-8(12)16-3/h11H,4-7H2,1-3H3,(H,13,14). The summed E-state index contributed by atoms with van der Waals surface area (Å²) >= 11 is 0. The van der Waals surface area contributed by atoms with Crippen LogP contribution in [0.5, 0.6) is 0 Å². The Labute approximate surface area is 94.9 Å². The number of carboxylic acid groups (broad SMARTS) is 1. The molecule has 0 aromatic rings. The highest BCUT2D eigenvalue weighted by atomic mass is 16.5. The van der Waals surface area contributed by atoms with Gasteiger partial charge in [-0.2, -0.15) is 0 Å². The molecular weight excluding hydrogens is 214 g/mol. The highest BCUT2D eigenvalue weighted by Gasteiger charge is 2.31. The van der Waals surface area contributed by atoms with E-state index in [9.17, 15) is 9.59 Å². The van der Waals surface area contributed by atoms with Crippen LogP contribution in [0.15, 0.2) is 0 Å². The fourth-order valence-corrected chi connectivity index (χ4v) is 1.12.